The molecular weight excluding hydrogens is 294 g/mol. The number of nitrogens with zero attached hydrogens (tertiary/aromatic N) is 1. The lowest BCUT2D eigenvalue weighted by molar-refractivity contribution is -0.127. The van der Waals surface area contributed by atoms with Crippen LogP contribution in [-0.4, -0.2) is 37.6 Å². The number of ether oxygens (including phenoxy) is 1. The zero-order valence-electron chi connectivity index (χ0n) is 12.0. The SMILES string of the molecule is COc1ccccc1N1CCC(NC(=O)[C@@H](C)N)C1=O.Cl. The van der Waals surface area contributed by atoms with E-state index in [1.165, 1.54) is 0 Å². The number of para-hydroxylation sites is 2. The molecule has 7 heteroatoms. The molecule has 21 heavy (non-hydrogen) atoms. The summed E-state index contributed by atoms with van der Waals surface area (Å²) in [7, 11) is 1.56. The third-order valence-corrected chi connectivity index (χ3v) is 3.31. The van der Waals surface area contributed by atoms with E-state index in [0.717, 1.165) is 5.69 Å². The standard InChI is InChI=1S/C14H19N3O3.ClH/c1-9(15)13(18)16-10-7-8-17(14(10)19)11-5-3-4-6-12(11)20-2;/h3-6,9-10H,7-8,15H2,1-2H3,(H,16,18);1H/t9-,10?;/m1./s1. The van der Waals surface area contributed by atoms with Crippen molar-refractivity contribution in [3.63, 3.8) is 0 Å². The van der Waals surface area contributed by atoms with Gasteiger partial charge in [0.1, 0.15) is 11.8 Å². The molecule has 6 nitrogen and oxygen atoms in total. The Kier molecular flexibility index (Phi) is 5.99. The van der Waals surface area contributed by atoms with Gasteiger partial charge >= 0.3 is 0 Å². The van der Waals surface area contributed by atoms with Crippen molar-refractivity contribution in [2.24, 2.45) is 5.73 Å². The molecule has 2 atom stereocenters. The highest BCUT2D eigenvalue weighted by molar-refractivity contribution is 6.02. The molecule has 0 aliphatic carbocycles. The quantitative estimate of drug-likeness (QED) is 0.856. The minimum atomic E-state index is -0.622. The number of hydrogen-bond acceptors (Lipinski definition) is 4. The van der Waals surface area contributed by atoms with Crippen molar-refractivity contribution < 1.29 is 14.3 Å². The molecule has 0 spiro atoms. The van der Waals surface area contributed by atoms with Crippen LogP contribution in [0.3, 0.4) is 0 Å². The lowest BCUT2D eigenvalue weighted by Gasteiger charge is -2.20. The zero-order chi connectivity index (χ0) is 14.7. The first-order valence-corrected chi connectivity index (χ1v) is 6.55. The Morgan fingerprint density at radius 1 is 1.48 bits per heavy atom. The first-order chi connectivity index (χ1) is 9.54. The minimum Gasteiger partial charge on any atom is -0.495 e. The lowest BCUT2D eigenvalue weighted by Crippen LogP contribution is -2.47. The molecule has 0 saturated carbocycles. The average molecular weight is 314 g/mol. The molecule has 0 aromatic heterocycles. The maximum atomic E-state index is 12.3. The summed E-state index contributed by atoms with van der Waals surface area (Å²) in [4.78, 5) is 25.6. The van der Waals surface area contributed by atoms with Gasteiger partial charge < -0.3 is 20.7 Å². The van der Waals surface area contributed by atoms with E-state index in [2.05, 4.69) is 5.32 Å². The molecule has 116 valence electrons. The summed E-state index contributed by atoms with van der Waals surface area (Å²) < 4.78 is 5.26. The molecule has 1 saturated heterocycles. The van der Waals surface area contributed by atoms with Crippen molar-refractivity contribution in [1.29, 1.82) is 0 Å². The van der Waals surface area contributed by atoms with Gasteiger partial charge in [-0.1, -0.05) is 12.1 Å². The Bertz CT molecular complexity index is 522. The molecule has 0 bridgehead atoms. The van der Waals surface area contributed by atoms with E-state index < -0.39 is 12.1 Å². The second-order valence-electron chi connectivity index (χ2n) is 4.80. The Labute approximate surface area is 130 Å². The Hall–Kier alpha value is -1.79. The van der Waals surface area contributed by atoms with Crippen LogP contribution in [0.25, 0.3) is 0 Å². The third-order valence-electron chi connectivity index (χ3n) is 3.31. The molecule has 1 aromatic carbocycles. The monoisotopic (exact) mass is 313 g/mol. The van der Waals surface area contributed by atoms with Gasteiger partial charge in [-0.2, -0.15) is 0 Å². The van der Waals surface area contributed by atoms with Crippen molar-refractivity contribution in [1.82, 2.24) is 5.32 Å². The van der Waals surface area contributed by atoms with Gasteiger partial charge in [0.05, 0.1) is 18.8 Å². The highest BCUT2D eigenvalue weighted by atomic mass is 35.5. The second kappa shape index (κ2) is 7.28. The van der Waals surface area contributed by atoms with Crippen molar-refractivity contribution in [2.75, 3.05) is 18.6 Å². The summed E-state index contributed by atoms with van der Waals surface area (Å²) >= 11 is 0. The molecule has 1 unspecified atom stereocenters. The van der Waals surface area contributed by atoms with Gasteiger partial charge in [-0.05, 0) is 25.5 Å². The van der Waals surface area contributed by atoms with Gasteiger partial charge in [0.25, 0.3) is 0 Å². The van der Waals surface area contributed by atoms with Crippen LogP contribution >= 0.6 is 12.4 Å². The van der Waals surface area contributed by atoms with Crippen LogP contribution in [-0.2, 0) is 9.59 Å². The summed E-state index contributed by atoms with van der Waals surface area (Å²) in [6.45, 7) is 2.13. The molecule has 1 fully saturated rings. The molecule has 2 amide bonds. The highest BCUT2D eigenvalue weighted by Crippen LogP contribution is 2.30. The van der Waals surface area contributed by atoms with Crippen LogP contribution in [0.4, 0.5) is 5.69 Å². The number of methoxy groups -OCH3 is 1. The summed E-state index contributed by atoms with van der Waals surface area (Å²) in [5.74, 6) is 0.189. The molecule has 3 N–H and O–H groups in total. The number of carbonyl (C=O) groups excluding carboxylic acids is 2. The number of anilines is 1. The van der Waals surface area contributed by atoms with E-state index in [9.17, 15) is 9.59 Å². The Morgan fingerprint density at radius 2 is 2.14 bits per heavy atom. The molecule has 1 aromatic rings. The number of carbonyl (C=O) groups is 2. The summed E-state index contributed by atoms with van der Waals surface area (Å²) in [6, 6.07) is 6.18. The fraction of sp³-hybridized carbons (Fsp3) is 0.429. The lowest BCUT2D eigenvalue weighted by atomic mass is 10.2. The number of nitrogens with one attached hydrogen (secondary N) is 1. The number of halogens is 1. The number of rotatable bonds is 4. The number of hydrogen-bond donors (Lipinski definition) is 2. The second-order valence-corrected chi connectivity index (χ2v) is 4.80. The van der Waals surface area contributed by atoms with Crippen molar-refractivity contribution in [3.05, 3.63) is 24.3 Å². The molecular formula is C14H20ClN3O3. The van der Waals surface area contributed by atoms with Gasteiger partial charge in [0.2, 0.25) is 11.8 Å². The molecule has 0 radical (unpaired) electrons. The van der Waals surface area contributed by atoms with Gasteiger partial charge in [0, 0.05) is 6.54 Å². The van der Waals surface area contributed by atoms with Crippen LogP contribution in [0.15, 0.2) is 24.3 Å². The van der Waals surface area contributed by atoms with E-state index in [-0.39, 0.29) is 24.2 Å². The van der Waals surface area contributed by atoms with E-state index >= 15 is 0 Å². The van der Waals surface area contributed by atoms with Crippen molar-refractivity contribution in [2.45, 2.75) is 25.4 Å². The maximum Gasteiger partial charge on any atom is 0.249 e. The van der Waals surface area contributed by atoms with Crippen molar-refractivity contribution >= 4 is 29.9 Å². The van der Waals surface area contributed by atoms with Crippen molar-refractivity contribution in [3.8, 4) is 5.75 Å². The predicted octanol–water partition coefficient (Wildman–Crippen LogP) is 0.686. The molecule has 1 heterocycles. The van der Waals surface area contributed by atoms with E-state index in [0.29, 0.717) is 18.7 Å². The van der Waals surface area contributed by atoms with Gasteiger partial charge in [0.15, 0.2) is 0 Å². The Morgan fingerprint density at radius 3 is 2.76 bits per heavy atom. The van der Waals surface area contributed by atoms with E-state index in [4.69, 9.17) is 10.5 Å². The predicted molar refractivity (Wildman–Crippen MR) is 82.8 cm³/mol. The van der Waals surface area contributed by atoms with E-state index in [1.54, 1.807) is 25.0 Å². The summed E-state index contributed by atoms with van der Waals surface area (Å²) in [5, 5.41) is 2.67. The Balaban J connectivity index is 0.00000220. The van der Waals surface area contributed by atoms with Gasteiger partial charge in [-0.3, -0.25) is 9.59 Å². The average Bonchev–Trinajstić information content (AvgIpc) is 2.80. The molecule has 2 rings (SSSR count). The minimum absolute atomic E-state index is 0. The summed E-state index contributed by atoms with van der Waals surface area (Å²) in [6.07, 6.45) is 0.565. The fourth-order valence-electron chi connectivity index (χ4n) is 2.21. The maximum absolute atomic E-state index is 12.3. The molecule has 1 aliphatic heterocycles. The third kappa shape index (κ3) is 3.65. The number of benzene rings is 1. The van der Waals surface area contributed by atoms with E-state index in [1.807, 2.05) is 18.2 Å². The normalized spacial score (nSPS) is 18.9. The van der Waals surface area contributed by atoms with Crippen LogP contribution in [0.1, 0.15) is 13.3 Å². The smallest absolute Gasteiger partial charge is 0.249 e. The first-order valence-electron chi connectivity index (χ1n) is 6.55. The van der Waals surface area contributed by atoms with Crippen LogP contribution < -0.4 is 20.7 Å². The topological polar surface area (TPSA) is 84.7 Å². The van der Waals surface area contributed by atoms with Gasteiger partial charge in [-0.25, -0.2) is 0 Å². The number of amides is 2. The van der Waals surface area contributed by atoms with Crippen LogP contribution in [0, 0.1) is 0 Å². The van der Waals surface area contributed by atoms with Gasteiger partial charge in [-0.15, -0.1) is 12.4 Å². The largest absolute Gasteiger partial charge is 0.495 e. The number of nitrogens with two attached hydrogens (primary N) is 1. The van der Waals surface area contributed by atoms with Crippen LogP contribution in [0.5, 0.6) is 5.75 Å². The first kappa shape index (κ1) is 17.3. The zero-order valence-corrected chi connectivity index (χ0v) is 12.9. The highest BCUT2D eigenvalue weighted by Gasteiger charge is 2.35. The molecule has 1 aliphatic rings. The van der Waals surface area contributed by atoms with Crippen LogP contribution in [0.2, 0.25) is 0 Å². The summed E-state index contributed by atoms with van der Waals surface area (Å²) in [5.41, 5.74) is 6.21. The fourth-order valence-corrected chi connectivity index (χ4v) is 2.21.